The van der Waals surface area contributed by atoms with Crippen LogP contribution in [0.25, 0.3) is 0 Å². The fraction of sp³-hybridized carbons (Fsp3) is 0.462. The highest BCUT2D eigenvalue weighted by atomic mass is 35.5. The van der Waals surface area contributed by atoms with E-state index in [1.807, 2.05) is 6.07 Å². The maximum absolute atomic E-state index is 13.9. The van der Waals surface area contributed by atoms with Crippen LogP contribution in [0.2, 0.25) is 10.0 Å². The first-order valence-electron chi connectivity index (χ1n) is 11.9. The van der Waals surface area contributed by atoms with E-state index in [4.69, 9.17) is 27.9 Å². The summed E-state index contributed by atoms with van der Waals surface area (Å²) in [5, 5.41) is 9.89. The largest absolute Gasteiger partial charge is 0.481 e. The van der Waals surface area contributed by atoms with Crippen LogP contribution >= 0.6 is 23.2 Å². The van der Waals surface area contributed by atoms with E-state index in [9.17, 15) is 23.1 Å². The summed E-state index contributed by atoms with van der Waals surface area (Å²) in [4.78, 5) is 27.1. The lowest BCUT2D eigenvalue weighted by Crippen LogP contribution is -2.57. The van der Waals surface area contributed by atoms with Crippen LogP contribution in [0.4, 0.5) is 0 Å². The topological polar surface area (TPSA) is 101 Å². The Bertz CT molecular complexity index is 1230. The third kappa shape index (κ3) is 5.88. The van der Waals surface area contributed by atoms with Crippen LogP contribution in [0.5, 0.6) is 0 Å². The number of rotatable bonds is 9. The number of ether oxygens (including phenoxy) is 1. The van der Waals surface area contributed by atoms with Crippen LogP contribution in [-0.2, 0) is 24.2 Å². The molecule has 2 aliphatic rings. The van der Waals surface area contributed by atoms with Gasteiger partial charge in [-0.1, -0.05) is 47.5 Å². The second kappa shape index (κ2) is 10.7. The Labute approximate surface area is 221 Å². The van der Waals surface area contributed by atoms with Crippen LogP contribution in [0.1, 0.15) is 56.4 Å². The monoisotopic (exact) mass is 553 g/mol. The standard InChI is InChI=1S/C26H29Cl2NO6S/c1-15(2)36(33,34)14-21(16-6-7-16)29-24(17-8-10-19(27)11-9-17)25(18-4-3-5-20(28)12-18)35-22(26(29)32)13-23(30)31/h3-5,8-12,15-16,21-22,24-25H,6-7,13-14H2,1-2H3,(H,30,31)/t21-,22-,24-,25?/m1/s1. The highest BCUT2D eigenvalue weighted by molar-refractivity contribution is 7.92. The van der Waals surface area contributed by atoms with E-state index in [-0.39, 0.29) is 11.7 Å². The number of benzene rings is 2. The number of carboxylic acids is 1. The van der Waals surface area contributed by atoms with Gasteiger partial charge in [0.15, 0.2) is 9.84 Å². The number of carbonyl (C=O) groups excluding carboxylic acids is 1. The molecule has 1 saturated heterocycles. The van der Waals surface area contributed by atoms with Gasteiger partial charge < -0.3 is 14.7 Å². The molecule has 0 bridgehead atoms. The molecule has 4 rings (SSSR count). The van der Waals surface area contributed by atoms with Crippen LogP contribution in [-0.4, -0.2) is 53.4 Å². The van der Waals surface area contributed by atoms with Crippen molar-refractivity contribution in [2.24, 2.45) is 5.92 Å². The number of carboxylic acid groups (broad SMARTS) is 1. The first kappa shape index (κ1) is 26.9. The third-order valence-electron chi connectivity index (χ3n) is 6.82. The number of hydrogen-bond donors (Lipinski definition) is 1. The molecule has 0 radical (unpaired) electrons. The van der Waals surface area contributed by atoms with Crippen LogP contribution in [0, 0.1) is 5.92 Å². The molecule has 1 amide bonds. The van der Waals surface area contributed by atoms with Crippen LogP contribution in [0.15, 0.2) is 48.5 Å². The molecule has 2 aromatic rings. The molecule has 1 unspecified atom stereocenters. The summed E-state index contributed by atoms with van der Waals surface area (Å²) in [5.74, 6) is -1.90. The summed E-state index contributed by atoms with van der Waals surface area (Å²) >= 11 is 12.4. The van der Waals surface area contributed by atoms with Gasteiger partial charge in [-0.15, -0.1) is 0 Å². The normalized spacial score (nSPS) is 23.6. The molecule has 10 heteroatoms. The number of halogens is 2. The molecule has 1 aliphatic carbocycles. The SMILES string of the molecule is CC(C)S(=O)(=O)C[C@H](C1CC1)N1C(=O)[C@@H](CC(=O)O)OC(c2cccc(Cl)c2)[C@H]1c1ccc(Cl)cc1. The van der Waals surface area contributed by atoms with E-state index in [1.165, 1.54) is 0 Å². The van der Waals surface area contributed by atoms with Gasteiger partial charge in [0.1, 0.15) is 12.2 Å². The Balaban J connectivity index is 1.89. The zero-order valence-electron chi connectivity index (χ0n) is 20.0. The number of morpholine rings is 1. The molecule has 0 aromatic heterocycles. The molecule has 4 atom stereocenters. The van der Waals surface area contributed by atoms with Crippen molar-refractivity contribution in [2.75, 3.05) is 5.75 Å². The number of sulfone groups is 1. The highest BCUT2D eigenvalue weighted by Crippen LogP contribution is 2.48. The Hall–Kier alpha value is -2.13. The first-order chi connectivity index (χ1) is 17.0. The summed E-state index contributed by atoms with van der Waals surface area (Å²) in [5.41, 5.74) is 1.37. The van der Waals surface area contributed by atoms with E-state index in [1.54, 1.807) is 61.2 Å². The van der Waals surface area contributed by atoms with Gasteiger partial charge in [-0.25, -0.2) is 8.42 Å². The quantitative estimate of drug-likeness (QED) is 0.464. The lowest BCUT2D eigenvalue weighted by molar-refractivity contribution is -0.183. The zero-order chi connectivity index (χ0) is 26.2. The Morgan fingerprint density at radius 2 is 1.75 bits per heavy atom. The van der Waals surface area contributed by atoms with Crippen molar-refractivity contribution < 1.29 is 27.9 Å². The number of amides is 1. The van der Waals surface area contributed by atoms with Crippen molar-refractivity contribution in [1.29, 1.82) is 0 Å². The van der Waals surface area contributed by atoms with E-state index >= 15 is 0 Å². The molecule has 194 valence electrons. The predicted molar refractivity (Wildman–Crippen MR) is 138 cm³/mol. The lowest BCUT2D eigenvalue weighted by atomic mass is 9.89. The van der Waals surface area contributed by atoms with Crippen molar-refractivity contribution in [1.82, 2.24) is 4.90 Å². The average molecular weight is 554 g/mol. The Morgan fingerprint density at radius 3 is 2.31 bits per heavy atom. The van der Waals surface area contributed by atoms with Crippen molar-refractivity contribution in [3.8, 4) is 0 Å². The molecule has 2 fully saturated rings. The molecule has 1 heterocycles. The number of nitrogens with zero attached hydrogens (tertiary/aromatic N) is 1. The minimum Gasteiger partial charge on any atom is -0.481 e. The first-order valence-corrected chi connectivity index (χ1v) is 14.4. The van der Waals surface area contributed by atoms with Gasteiger partial charge >= 0.3 is 5.97 Å². The summed E-state index contributed by atoms with van der Waals surface area (Å²) in [6, 6.07) is 12.7. The predicted octanol–water partition coefficient (Wildman–Crippen LogP) is 5.08. The van der Waals surface area contributed by atoms with Gasteiger partial charge in [0.2, 0.25) is 0 Å². The number of hydrogen-bond acceptors (Lipinski definition) is 5. The summed E-state index contributed by atoms with van der Waals surface area (Å²) in [7, 11) is -3.51. The Morgan fingerprint density at radius 1 is 1.08 bits per heavy atom. The fourth-order valence-corrected chi connectivity index (χ4v) is 6.34. The maximum Gasteiger partial charge on any atom is 0.306 e. The maximum atomic E-state index is 13.9. The number of carbonyl (C=O) groups is 2. The molecular formula is C26H29Cl2NO6S. The van der Waals surface area contributed by atoms with Gasteiger partial charge in [-0.3, -0.25) is 9.59 Å². The molecule has 0 spiro atoms. The summed E-state index contributed by atoms with van der Waals surface area (Å²) < 4.78 is 32.3. The van der Waals surface area contributed by atoms with Gasteiger partial charge in [-0.2, -0.15) is 0 Å². The van der Waals surface area contributed by atoms with Crippen LogP contribution in [0.3, 0.4) is 0 Å². The molecule has 1 saturated carbocycles. The average Bonchev–Trinajstić information content (AvgIpc) is 3.64. The van der Waals surface area contributed by atoms with Crippen LogP contribution < -0.4 is 0 Å². The van der Waals surface area contributed by atoms with Crippen molar-refractivity contribution in [2.45, 2.75) is 62.7 Å². The fourth-order valence-electron chi connectivity index (χ4n) is 4.72. The van der Waals surface area contributed by atoms with Gasteiger partial charge in [-0.05, 0) is 68.0 Å². The molecule has 1 aliphatic heterocycles. The van der Waals surface area contributed by atoms with E-state index < -0.39 is 57.7 Å². The minimum atomic E-state index is -3.51. The Kier molecular flexibility index (Phi) is 8.00. The van der Waals surface area contributed by atoms with Gasteiger partial charge in [0.05, 0.1) is 23.5 Å². The second-order valence-electron chi connectivity index (χ2n) is 9.72. The van der Waals surface area contributed by atoms with Gasteiger partial charge in [0.25, 0.3) is 5.91 Å². The molecule has 7 nitrogen and oxygen atoms in total. The van der Waals surface area contributed by atoms with Gasteiger partial charge in [0, 0.05) is 16.1 Å². The second-order valence-corrected chi connectivity index (χ2v) is 13.2. The molecular weight excluding hydrogens is 525 g/mol. The van der Waals surface area contributed by atoms with E-state index in [0.717, 1.165) is 12.8 Å². The van der Waals surface area contributed by atoms with Crippen molar-refractivity contribution >= 4 is 44.9 Å². The zero-order valence-corrected chi connectivity index (χ0v) is 22.3. The molecule has 1 N–H and O–H groups in total. The molecule has 36 heavy (non-hydrogen) atoms. The summed E-state index contributed by atoms with van der Waals surface area (Å²) in [6.07, 6.45) is -0.981. The van der Waals surface area contributed by atoms with Crippen molar-refractivity contribution in [3.05, 3.63) is 69.7 Å². The highest BCUT2D eigenvalue weighted by Gasteiger charge is 2.51. The smallest absolute Gasteiger partial charge is 0.306 e. The minimum absolute atomic E-state index is 0.000801. The van der Waals surface area contributed by atoms with E-state index in [2.05, 4.69) is 0 Å². The van der Waals surface area contributed by atoms with Crippen molar-refractivity contribution in [3.63, 3.8) is 0 Å². The molecule has 2 aromatic carbocycles. The van der Waals surface area contributed by atoms with E-state index in [0.29, 0.717) is 21.2 Å². The third-order valence-corrected chi connectivity index (χ3v) is 9.55. The summed E-state index contributed by atoms with van der Waals surface area (Å²) in [6.45, 7) is 3.25. The number of aliphatic carboxylic acids is 1. The lowest BCUT2D eigenvalue weighted by Gasteiger charge is -2.48.